The maximum atomic E-state index is 6.26. The van der Waals surface area contributed by atoms with E-state index in [-0.39, 0.29) is 12.3 Å². The zero-order valence-electron chi connectivity index (χ0n) is 15.6. The third kappa shape index (κ3) is 2.68. The maximum absolute atomic E-state index is 6.26. The predicted molar refractivity (Wildman–Crippen MR) is 105 cm³/mol. The highest BCUT2D eigenvalue weighted by atomic mass is 16.5. The van der Waals surface area contributed by atoms with Crippen LogP contribution in [0.1, 0.15) is 23.4 Å². The molecule has 4 nitrogen and oxygen atoms in total. The van der Waals surface area contributed by atoms with Crippen LogP contribution in [0.2, 0.25) is 0 Å². The molecule has 2 aliphatic rings. The minimum Gasteiger partial charge on any atom is -0.497 e. The first-order valence-electron chi connectivity index (χ1n) is 9.38. The lowest BCUT2D eigenvalue weighted by Gasteiger charge is -2.47. The molecule has 1 fully saturated rings. The van der Waals surface area contributed by atoms with Gasteiger partial charge in [-0.2, -0.15) is 0 Å². The Kier molecular flexibility index (Phi) is 4.03. The van der Waals surface area contributed by atoms with E-state index in [2.05, 4.69) is 60.5 Å². The second kappa shape index (κ2) is 6.55. The molecule has 0 radical (unpaired) electrons. The number of hydrogen-bond donors (Lipinski definition) is 0. The van der Waals surface area contributed by atoms with E-state index in [1.165, 1.54) is 16.3 Å². The van der Waals surface area contributed by atoms with Crippen molar-refractivity contribution in [1.29, 1.82) is 0 Å². The molecule has 2 heterocycles. The molecular weight excluding hydrogens is 338 g/mol. The average Bonchev–Trinajstić information content (AvgIpc) is 2.73. The summed E-state index contributed by atoms with van der Waals surface area (Å²) < 4.78 is 17.8. The summed E-state index contributed by atoms with van der Waals surface area (Å²) in [4.78, 5) is 2.34. The molecule has 0 amide bonds. The van der Waals surface area contributed by atoms with Crippen LogP contribution in [0.15, 0.2) is 60.7 Å². The van der Waals surface area contributed by atoms with Crippen LogP contribution in [0.4, 0.5) is 0 Å². The van der Waals surface area contributed by atoms with Crippen molar-refractivity contribution in [2.24, 2.45) is 5.92 Å². The Labute approximate surface area is 159 Å². The van der Waals surface area contributed by atoms with E-state index in [0.29, 0.717) is 19.1 Å². The molecule has 4 heteroatoms. The average molecular weight is 361 g/mol. The third-order valence-corrected chi connectivity index (χ3v) is 5.78. The van der Waals surface area contributed by atoms with Crippen molar-refractivity contribution in [3.8, 4) is 11.5 Å². The van der Waals surface area contributed by atoms with Crippen LogP contribution in [-0.4, -0.2) is 32.3 Å². The van der Waals surface area contributed by atoms with E-state index in [0.717, 1.165) is 17.1 Å². The Balaban J connectivity index is 1.60. The first-order chi connectivity index (χ1) is 13.3. The van der Waals surface area contributed by atoms with Crippen molar-refractivity contribution in [1.82, 2.24) is 4.90 Å². The summed E-state index contributed by atoms with van der Waals surface area (Å²) in [7, 11) is 3.85. The van der Waals surface area contributed by atoms with E-state index >= 15 is 0 Å². The lowest BCUT2D eigenvalue weighted by molar-refractivity contribution is -0.155. The zero-order chi connectivity index (χ0) is 18.4. The van der Waals surface area contributed by atoms with Gasteiger partial charge < -0.3 is 14.2 Å². The smallest absolute Gasteiger partial charge is 0.137 e. The molecular formula is C23H23NO3. The summed E-state index contributed by atoms with van der Waals surface area (Å²) in [6.45, 7) is 1.37. The number of methoxy groups -OCH3 is 1. The van der Waals surface area contributed by atoms with Crippen molar-refractivity contribution in [2.45, 2.75) is 12.3 Å². The van der Waals surface area contributed by atoms with E-state index < -0.39 is 0 Å². The summed E-state index contributed by atoms with van der Waals surface area (Å²) >= 11 is 0. The van der Waals surface area contributed by atoms with E-state index in [9.17, 15) is 0 Å². The summed E-state index contributed by atoms with van der Waals surface area (Å²) in [5, 5.41) is 2.51. The molecule has 0 aromatic heterocycles. The Hall–Kier alpha value is -2.56. The molecule has 2 aliphatic heterocycles. The van der Waals surface area contributed by atoms with Crippen molar-refractivity contribution >= 4 is 10.8 Å². The highest BCUT2D eigenvalue weighted by molar-refractivity contribution is 5.88. The summed E-state index contributed by atoms with van der Waals surface area (Å²) in [6.07, 6.45) is -0.105. The first kappa shape index (κ1) is 16.6. The fraction of sp³-hybridized carbons (Fsp3) is 0.304. The van der Waals surface area contributed by atoms with Gasteiger partial charge in [-0.3, -0.25) is 4.90 Å². The van der Waals surface area contributed by atoms with Crippen molar-refractivity contribution in [2.75, 3.05) is 27.4 Å². The van der Waals surface area contributed by atoms with Crippen LogP contribution in [0.25, 0.3) is 10.8 Å². The largest absolute Gasteiger partial charge is 0.497 e. The van der Waals surface area contributed by atoms with Gasteiger partial charge in [0.1, 0.15) is 17.7 Å². The van der Waals surface area contributed by atoms with Gasteiger partial charge in [-0.05, 0) is 41.6 Å². The van der Waals surface area contributed by atoms with Gasteiger partial charge in [-0.15, -0.1) is 0 Å². The highest BCUT2D eigenvalue weighted by Gasteiger charge is 2.42. The molecule has 0 bridgehead atoms. The quantitative estimate of drug-likeness (QED) is 0.670. The Morgan fingerprint density at radius 2 is 1.89 bits per heavy atom. The Bertz CT molecular complexity index is 986. The molecule has 138 valence electrons. The monoisotopic (exact) mass is 361 g/mol. The molecule has 0 aliphatic carbocycles. The van der Waals surface area contributed by atoms with E-state index in [1.807, 2.05) is 12.1 Å². The minimum absolute atomic E-state index is 0.105. The lowest BCUT2D eigenvalue weighted by Crippen LogP contribution is -2.46. The zero-order valence-corrected chi connectivity index (χ0v) is 15.6. The van der Waals surface area contributed by atoms with Crippen LogP contribution >= 0.6 is 0 Å². The van der Waals surface area contributed by atoms with Gasteiger partial charge in [0.25, 0.3) is 0 Å². The molecule has 27 heavy (non-hydrogen) atoms. The Morgan fingerprint density at radius 3 is 2.78 bits per heavy atom. The van der Waals surface area contributed by atoms with Crippen molar-refractivity contribution in [3.05, 3.63) is 71.8 Å². The first-order valence-corrected chi connectivity index (χ1v) is 9.38. The van der Waals surface area contributed by atoms with Gasteiger partial charge in [-0.1, -0.05) is 42.5 Å². The minimum atomic E-state index is -0.105. The van der Waals surface area contributed by atoms with Gasteiger partial charge in [-0.25, -0.2) is 0 Å². The number of hydrogen-bond acceptors (Lipinski definition) is 4. The fourth-order valence-corrected chi connectivity index (χ4v) is 4.51. The number of nitrogens with zero attached hydrogens (tertiary/aromatic N) is 1. The number of rotatable bonds is 2. The molecule has 1 saturated heterocycles. The second-order valence-electron chi connectivity index (χ2n) is 7.34. The van der Waals surface area contributed by atoms with E-state index in [1.54, 1.807) is 7.11 Å². The van der Waals surface area contributed by atoms with Gasteiger partial charge >= 0.3 is 0 Å². The van der Waals surface area contributed by atoms with E-state index in [4.69, 9.17) is 14.2 Å². The maximum Gasteiger partial charge on any atom is 0.137 e. The SMILES string of the molecule is COc1cccc([C@@H]2OC[C@@H]3COc4ccc5ccccc5c4[C@@H]3N2C)c1. The molecule has 3 aromatic carbocycles. The van der Waals surface area contributed by atoms with Crippen LogP contribution in [0, 0.1) is 5.92 Å². The molecule has 0 unspecified atom stereocenters. The summed E-state index contributed by atoms with van der Waals surface area (Å²) in [5.74, 6) is 2.16. The summed E-state index contributed by atoms with van der Waals surface area (Å²) in [6, 6.07) is 21.2. The number of ether oxygens (including phenoxy) is 3. The highest BCUT2D eigenvalue weighted by Crippen LogP contribution is 2.48. The molecule has 0 saturated carbocycles. The van der Waals surface area contributed by atoms with Gasteiger partial charge in [0, 0.05) is 17.5 Å². The molecule has 5 rings (SSSR count). The second-order valence-corrected chi connectivity index (χ2v) is 7.34. The van der Waals surface area contributed by atoms with Crippen LogP contribution < -0.4 is 9.47 Å². The number of fused-ring (bicyclic) bond motifs is 5. The normalized spacial score (nSPS) is 24.7. The topological polar surface area (TPSA) is 30.9 Å². The summed E-state index contributed by atoms with van der Waals surface area (Å²) in [5.41, 5.74) is 2.40. The fourth-order valence-electron chi connectivity index (χ4n) is 4.51. The lowest BCUT2D eigenvalue weighted by atomic mass is 9.85. The standard InChI is InChI=1S/C23H23NO3/c1-24-22-17(14-27-23(24)16-7-5-8-18(12-16)25-2)13-26-20-11-10-15-6-3-4-9-19(15)21(20)22/h3-12,17,22-23H,13-14H2,1-2H3/t17-,22+,23-/m0/s1. The Morgan fingerprint density at radius 1 is 1.00 bits per heavy atom. The molecule has 3 atom stereocenters. The van der Waals surface area contributed by atoms with Gasteiger partial charge in [0.05, 0.1) is 20.3 Å². The van der Waals surface area contributed by atoms with Crippen LogP contribution in [0.3, 0.4) is 0 Å². The third-order valence-electron chi connectivity index (χ3n) is 5.78. The predicted octanol–water partition coefficient (Wildman–Crippen LogP) is 4.56. The number of benzene rings is 3. The van der Waals surface area contributed by atoms with Crippen LogP contribution in [0.5, 0.6) is 11.5 Å². The molecule has 0 spiro atoms. The van der Waals surface area contributed by atoms with Gasteiger partial charge in [0.15, 0.2) is 0 Å². The van der Waals surface area contributed by atoms with Crippen molar-refractivity contribution in [3.63, 3.8) is 0 Å². The molecule has 3 aromatic rings. The van der Waals surface area contributed by atoms with Gasteiger partial charge in [0.2, 0.25) is 0 Å². The molecule has 0 N–H and O–H groups in total. The van der Waals surface area contributed by atoms with Crippen molar-refractivity contribution < 1.29 is 14.2 Å². The van der Waals surface area contributed by atoms with Crippen LogP contribution in [-0.2, 0) is 4.74 Å².